The normalized spacial score (nSPS) is 16.2. The van der Waals surface area contributed by atoms with Crippen LogP contribution in [0.4, 0.5) is 17.3 Å². The Morgan fingerprint density at radius 1 is 0.974 bits per heavy atom. The number of carboxylic acid groups (broad SMARTS) is 1. The highest BCUT2D eigenvalue weighted by molar-refractivity contribution is 7.19. The zero-order chi connectivity index (χ0) is 27.1. The van der Waals surface area contributed by atoms with Gasteiger partial charge < -0.3 is 15.7 Å². The van der Waals surface area contributed by atoms with Crippen molar-refractivity contribution in [2.45, 2.75) is 59.9 Å². The second-order valence-electron chi connectivity index (χ2n) is 9.42. The third-order valence-corrected chi connectivity index (χ3v) is 8.94. The first kappa shape index (κ1) is 26.0. The van der Waals surface area contributed by atoms with E-state index in [0.717, 1.165) is 60.4 Å². The van der Waals surface area contributed by atoms with Crippen molar-refractivity contribution in [1.29, 1.82) is 0 Å². The Morgan fingerprint density at radius 3 is 2.34 bits per heavy atom. The Labute approximate surface area is 229 Å². The molecular weight excluding hydrogens is 516 g/mol. The molecule has 196 valence electrons. The zero-order valence-electron chi connectivity index (χ0n) is 22.2. The summed E-state index contributed by atoms with van der Waals surface area (Å²) in [5, 5.41) is 17.9. The van der Waals surface area contributed by atoms with Gasteiger partial charge in [0.25, 0.3) is 0 Å². The maximum Gasteiger partial charge on any atom is 0.326 e. The van der Waals surface area contributed by atoms with Gasteiger partial charge in [-0.05, 0) is 51.0 Å². The zero-order valence-corrected chi connectivity index (χ0v) is 23.8. The predicted molar refractivity (Wildman–Crippen MR) is 156 cm³/mol. The monoisotopic (exact) mass is 546 g/mol. The molecule has 2 unspecified atom stereocenters. The van der Waals surface area contributed by atoms with Crippen molar-refractivity contribution in [3.8, 4) is 0 Å². The van der Waals surface area contributed by atoms with E-state index in [9.17, 15) is 9.90 Å². The molecule has 0 bridgehead atoms. The second-order valence-corrected chi connectivity index (χ2v) is 11.8. The standard InChI is InChI=1S/C15H15N3S.C13H15N3O2S/c1-9-10(2)19-15-13(9)14(16-11(3)17-15)18-12-7-5-4-6-8-12;1-4-7-14-11-9-8(6(3)19-12(9)15-7)5(2)10(16-11)13(17)18/h4-8H,1-3H3,(H,16,17,18);5,10H,4H2,1-3H3,(H,17,18)(H,14,15,16). The van der Waals surface area contributed by atoms with Gasteiger partial charge in [0.15, 0.2) is 0 Å². The summed E-state index contributed by atoms with van der Waals surface area (Å²) in [4.78, 5) is 33.9. The molecule has 1 aliphatic heterocycles. The summed E-state index contributed by atoms with van der Waals surface area (Å²) >= 11 is 3.35. The molecule has 0 spiro atoms. The van der Waals surface area contributed by atoms with Crippen molar-refractivity contribution in [1.82, 2.24) is 19.9 Å². The largest absolute Gasteiger partial charge is 0.480 e. The van der Waals surface area contributed by atoms with Gasteiger partial charge in [0, 0.05) is 27.8 Å². The number of nitrogens with one attached hydrogen (secondary N) is 2. The van der Waals surface area contributed by atoms with E-state index >= 15 is 0 Å². The van der Waals surface area contributed by atoms with Crippen LogP contribution in [0, 0.1) is 27.7 Å². The number of anilines is 3. The molecule has 10 heteroatoms. The summed E-state index contributed by atoms with van der Waals surface area (Å²) in [6.07, 6.45) is 0.740. The number of aliphatic carboxylic acids is 1. The van der Waals surface area contributed by atoms with E-state index in [4.69, 9.17) is 0 Å². The van der Waals surface area contributed by atoms with E-state index in [2.05, 4.69) is 44.4 Å². The lowest BCUT2D eigenvalue weighted by atomic mass is 9.88. The fourth-order valence-corrected chi connectivity index (χ4v) is 7.03. The van der Waals surface area contributed by atoms with E-state index in [1.165, 1.54) is 10.4 Å². The van der Waals surface area contributed by atoms with Crippen LogP contribution >= 0.6 is 22.7 Å². The highest BCUT2D eigenvalue weighted by atomic mass is 32.1. The number of hydrogen-bond acceptors (Lipinski definition) is 9. The molecule has 0 fully saturated rings. The molecule has 5 aromatic rings. The third kappa shape index (κ3) is 4.69. The van der Waals surface area contributed by atoms with Gasteiger partial charge in [0.1, 0.15) is 39.0 Å². The first-order chi connectivity index (χ1) is 18.2. The van der Waals surface area contributed by atoms with Crippen LogP contribution in [0.2, 0.25) is 0 Å². The molecule has 2 atom stereocenters. The molecule has 1 aliphatic rings. The number of aromatic nitrogens is 4. The van der Waals surface area contributed by atoms with Gasteiger partial charge in [-0.15, -0.1) is 22.7 Å². The minimum absolute atomic E-state index is 0.0742. The van der Waals surface area contributed by atoms with E-state index in [1.807, 2.05) is 58.0 Å². The number of rotatable bonds is 4. The minimum Gasteiger partial charge on any atom is -0.480 e. The topological polar surface area (TPSA) is 113 Å². The van der Waals surface area contributed by atoms with Crippen molar-refractivity contribution < 1.29 is 9.90 Å². The Kier molecular flexibility index (Phi) is 7.02. The fraction of sp³-hybridized carbons (Fsp3) is 0.321. The van der Waals surface area contributed by atoms with Gasteiger partial charge in [0.2, 0.25) is 0 Å². The first-order valence-corrected chi connectivity index (χ1v) is 14.2. The Bertz CT molecular complexity index is 1660. The van der Waals surface area contributed by atoms with Crippen LogP contribution in [0.5, 0.6) is 0 Å². The number of carboxylic acids is 1. The number of aryl methyl sites for hydroxylation is 5. The van der Waals surface area contributed by atoms with E-state index in [0.29, 0.717) is 5.82 Å². The first-order valence-electron chi connectivity index (χ1n) is 12.5. The summed E-state index contributed by atoms with van der Waals surface area (Å²) in [5.74, 6) is 2.21. The smallest absolute Gasteiger partial charge is 0.326 e. The summed E-state index contributed by atoms with van der Waals surface area (Å²) in [5.41, 5.74) is 3.40. The van der Waals surface area contributed by atoms with Crippen molar-refractivity contribution in [2.24, 2.45) is 0 Å². The summed E-state index contributed by atoms with van der Waals surface area (Å²) in [6, 6.07) is 9.49. The highest BCUT2D eigenvalue weighted by Gasteiger charge is 2.35. The van der Waals surface area contributed by atoms with E-state index < -0.39 is 12.0 Å². The molecule has 8 nitrogen and oxygen atoms in total. The molecule has 0 aliphatic carbocycles. The summed E-state index contributed by atoms with van der Waals surface area (Å²) in [7, 11) is 0. The van der Waals surface area contributed by atoms with Crippen LogP contribution in [0.3, 0.4) is 0 Å². The summed E-state index contributed by atoms with van der Waals surface area (Å²) in [6.45, 7) is 12.1. The van der Waals surface area contributed by atoms with Crippen LogP contribution < -0.4 is 10.6 Å². The molecule has 3 N–H and O–H groups in total. The van der Waals surface area contributed by atoms with Gasteiger partial charge >= 0.3 is 5.97 Å². The van der Waals surface area contributed by atoms with Crippen LogP contribution in [0.25, 0.3) is 20.4 Å². The SMILES string of the molecule is CCc1nc2c3c(c(C)sc3n1)C(C)C(C(=O)O)N2.Cc1nc(Nc2ccccc2)c2c(C)c(C)sc2n1. The number of nitrogens with zero attached hydrogens (tertiary/aromatic N) is 4. The van der Waals surface area contributed by atoms with Gasteiger partial charge in [-0.1, -0.05) is 32.0 Å². The van der Waals surface area contributed by atoms with Crippen molar-refractivity contribution in [3.05, 3.63) is 62.9 Å². The number of fused-ring (bicyclic) bond motifs is 1. The second kappa shape index (κ2) is 10.3. The van der Waals surface area contributed by atoms with Crippen LogP contribution in [0.1, 0.15) is 52.3 Å². The molecule has 0 radical (unpaired) electrons. The molecule has 5 heterocycles. The molecule has 0 saturated carbocycles. The number of hydrogen-bond donors (Lipinski definition) is 3. The van der Waals surface area contributed by atoms with Gasteiger partial charge in [-0.3, -0.25) is 0 Å². The molecule has 0 saturated heterocycles. The lowest BCUT2D eigenvalue weighted by molar-refractivity contribution is -0.138. The van der Waals surface area contributed by atoms with E-state index in [1.54, 1.807) is 22.7 Å². The van der Waals surface area contributed by atoms with Crippen LogP contribution in [0.15, 0.2) is 30.3 Å². The number of thiophene rings is 2. The summed E-state index contributed by atoms with van der Waals surface area (Å²) < 4.78 is 0. The average molecular weight is 547 g/mol. The molecule has 1 aromatic carbocycles. The van der Waals surface area contributed by atoms with E-state index in [-0.39, 0.29) is 5.92 Å². The van der Waals surface area contributed by atoms with Gasteiger partial charge in [-0.25, -0.2) is 24.7 Å². The lowest BCUT2D eigenvalue weighted by Crippen LogP contribution is -2.37. The lowest BCUT2D eigenvalue weighted by Gasteiger charge is -2.28. The number of para-hydroxylation sites is 1. The molecular formula is C28H30N6O2S2. The van der Waals surface area contributed by atoms with Crippen LogP contribution in [-0.4, -0.2) is 37.1 Å². The maximum absolute atomic E-state index is 11.4. The number of carbonyl (C=O) groups is 1. The highest BCUT2D eigenvalue weighted by Crippen LogP contribution is 2.43. The van der Waals surface area contributed by atoms with Crippen molar-refractivity contribution >= 4 is 66.4 Å². The quantitative estimate of drug-likeness (QED) is 0.223. The minimum atomic E-state index is -0.839. The predicted octanol–water partition coefficient (Wildman–Crippen LogP) is 6.90. The molecule has 6 rings (SSSR count). The number of benzene rings is 1. The van der Waals surface area contributed by atoms with Crippen LogP contribution in [-0.2, 0) is 11.2 Å². The van der Waals surface area contributed by atoms with Crippen molar-refractivity contribution in [3.63, 3.8) is 0 Å². The molecule has 38 heavy (non-hydrogen) atoms. The maximum atomic E-state index is 11.4. The van der Waals surface area contributed by atoms with Gasteiger partial charge in [0.05, 0.1) is 10.8 Å². The molecule has 0 amide bonds. The van der Waals surface area contributed by atoms with Gasteiger partial charge in [-0.2, -0.15) is 0 Å². The Balaban J connectivity index is 0.000000155. The average Bonchev–Trinajstić information content (AvgIpc) is 3.37. The van der Waals surface area contributed by atoms with Crippen molar-refractivity contribution in [2.75, 3.05) is 10.6 Å². The Morgan fingerprint density at radius 2 is 1.66 bits per heavy atom. The Hall–Kier alpha value is -3.63. The third-order valence-electron chi connectivity index (χ3n) is 6.83. The fourth-order valence-electron chi connectivity index (χ4n) is 4.81. The molecule has 4 aromatic heterocycles.